The van der Waals surface area contributed by atoms with Crippen molar-refractivity contribution in [2.24, 2.45) is 0 Å². The summed E-state index contributed by atoms with van der Waals surface area (Å²) in [6, 6.07) is 23.2. The standard InChI is InChI=1S/C30H37N3O7S2.C29H35N3O7S2/c1-3-5-8-22(19-38-30(36)33(17-23-9-6-13-41-23)18-24-10-7-14-42-24)31-29(35)32-25(16-28(34)37-4-2)21-11-12-26-27(15-21)40-20-39-26;1-3-4-7-21(18-37-29(35)32(16-22-8-5-12-40-22)17-23-9-6-13-41-23)30-28(34)31-24(15-27(33)36-2)20-10-11-25-26(14-20)39-19-38-25/h6-7,9-15,22,25H,3-5,8,16-20H2,1-2H3,(H2,31,32,35);5-6,8-14,21,24H,3-4,7,15-19H2,1-2H3,(H2,30,31,34)/t22-,25?;21-,24?/m00/s1. The zero-order valence-electron chi connectivity index (χ0n) is 47.0. The molecule has 6 heterocycles. The Kier molecular flexibility index (Phi) is 25.5. The highest BCUT2D eigenvalue weighted by atomic mass is 32.1. The number of amides is 6. The molecule has 0 fully saturated rings. The Labute approximate surface area is 499 Å². The number of rotatable bonds is 29. The molecule has 24 heteroatoms. The zero-order valence-corrected chi connectivity index (χ0v) is 50.2. The average Bonchev–Trinajstić information content (AvgIpc) is 4.40. The van der Waals surface area contributed by atoms with Crippen molar-refractivity contribution in [1.29, 1.82) is 0 Å². The summed E-state index contributed by atoms with van der Waals surface area (Å²) in [5.41, 5.74) is 1.35. The molecule has 2 aliphatic rings. The van der Waals surface area contributed by atoms with Crippen LogP contribution < -0.4 is 40.2 Å². The van der Waals surface area contributed by atoms with Crippen LogP contribution in [0, 0.1) is 0 Å². The van der Waals surface area contributed by atoms with Crippen LogP contribution in [0.1, 0.15) is 115 Å². The highest BCUT2D eigenvalue weighted by molar-refractivity contribution is 7.10. The minimum absolute atomic E-state index is 0.0172. The van der Waals surface area contributed by atoms with Gasteiger partial charge in [0.05, 0.1) is 76.9 Å². The maximum Gasteiger partial charge on any atom is 0.410 e. The van der Waals surface area contributed by atoms with E-state index in [0.29, 0.717) is 73.1 Å². The summed E-state index contributed by atoms with van der Waals surface area (Å²) >= 11 is 6.33. The van der Waals surface area contributed by atoms with Crippen molar-refractivity contribution in [2.45, 2.75) is 122 Å². The minimum Gasteiger partial charge on any atom is -0.469 e. The lowest BCUT2D eigenvalue weighted by Gasteiger charge is -2.25. The summed E-state index contributed by atoms with van der Waals surface area (Å²) in [5, 5.41) is 19.6. The van der Waals surface area contributed by atoms with Crippen molar-refractivity contribution in [1.82, 2.24) is 31.1 Å². The second-order valence-corrected chi connectivity index (χ2v) is 23.3. The van der Waals surface area contributed by atoms with Gasteiger partial charge in [0.1, 0.15) is 13.2 Å². The fourth-order valence-electron chi connectivity index (χ4n) is 8.73. The van der Waals surface area contributed by atoms with E-state index in [4.69, 9.17) is 37.9 Å². The molecular formula is C59H72N6O14S4. The third kappa shape index (κ3) is 20.7. The molecule has 2 aliphatic heterocycles. The molecule has 0 bridgehead atoms. The number of urea groups is 2. The normalized spacial score (nSPS) is 13.2. The van der Waals surface area contributed by atoms with E-state index in [-0.39, 0.29) is 46.2 Å². The van der Waals surface area contributed by atoms with Crippen LogP contribution in [0.4, 0.5) is 19.2 Å². The molecule has 8 rings (SSSR count). The summed E-state index contributed by atoms with van der Waals surface area (Å²) in [6.07, 6.45) is 3.74. The number of ether oxygens (including phenoxy) is 8. The molecule has 83 heavy (non-hydrogen) atoms. The van der Waals surface area contributed by atoms with Crippen molar-refractivity contribution >= 4 is 81.5 Å². The van der Waals surface area contributed by atoms with E-state index in [1.807, 2.05) is 70.1 Å². The van der Waals surface area contributed by atoms with Gasteiger partial charge >= 0.3 is 36.2 Å². The highest BCUT2D eigenvalue weighted by Gasteiger charge is 2.28. The monoisotopic (exact) mass is 1220 g/mol. The Hall–Kier alpha value is -7.54. The molecule has 20 nitrogen and oxygen atoms in total. The van der Waals surface area contributed by atoms with Gasteiger partial charge in [0.2, 0.25) is 13.6 Å². The first-order valence-corrected chi connectivity index (χ1v) is 31.0. The Bertz CT molecular complexity index is 2870. The van der Waals surface area contributed by atoms with Gasteiger partial charge in [-0.2, -0.15) is 0 Å². The number of nitrogens with one attached hydrogen (secondary N) is 4. The summed E-state index contributed by atoms with van der Waals surface area (Å²) in [4.78, 5) is 84.8. The molecule has 0 aliphatic carbocycles. The van der Waals surface area contributed by atoms with Crippen molar-refractivity contribution in [3.05, 3.63) is 137 Å². The van der Waals surface area contributed by atoms with Crippen molar-refractivity contribution < 1.29 is 66.7 Å². The van der Waals surface area contributed by atoms with Gasteiger partial charge in [-0.1, -0.05) is 75.9 Å². The van der Waals surface area contributed by atoms with Crippen LogP contribution in [0.2, 0.25) is 0 Å². The van der Waals surface area contributed by atoms with Crippen LogP contribution in [0.3, 0.4) is 0 Å². The summed E-state index contributed by atoms with van der Waals surface area (Å²) in [6.45, 7) is 8.10. The molecule has 4 atom stereocenters. The van der Waals surface area contributed by atoms with E-state index >= 15 is 0 Å². The van der Waals surface area contributed by atoms with Gasteiger partial charge in [-0.25, -0.2) is 19.2 Å². The maximum atomic E-state index is 13.2. The number of hydrogen-bond acceptors (Lipinski definition) is 18. The Balaban J connectivity index is 0.000000239. The number of fused-ring (bicyclic) bond motifs is 2. The lowest BCUT2D eigenvalue weighted by atomic mass is 10.0. The van der Waals surface area contributed by atoms with Gasteiger partial charge in [-0.3, -0.25) is 19.4 Å². The summed E-state index contributed by atoms with van der Waals surface area (Å²) < 4.78 is 43.2. The predicted molar refractivity (Wildman–Crippen MR) is 317 cm³/mol. The third-order valence-electron chi connectivity index (χ3n) is 13.0. The Morgan fingerprint density at radius 1 is 0.506 bits per heavy atom. The second kappa shape index (κ2) is 33.5. The number of hydrogen-bond donors (Lipinski definition) is 4. The van der Waals surface area contributed by atoms with Crippen LogP contribution in [-0.2, 0) is 54.7 Å². The number of esters is 2. The SMILES string of the molecule is CCCC[C@@H](COC(=O)N(Cc1cccs1)Cc1cccs1)NC(=O)NC(CC(=O)OC)c1ccc2c(c1)OCO2.CCCC[C@@H](COC(=O)N(Cc1cccs1)Cc1cccs1)NC(=O)NC(CC(=O)OCC)c1ccc2c(c1)OCO2. The number of thiophene rings is 4. The molecule has 0 radical (unpaired) electrons. The van der Waals surface area contributed by atoms with E-state index in [0.717, 1.165) is 45.2 Å². The first kappa shape index (κ1) is 63.0. The zero-order chi connectivity index (χ0) is 58.8. The molecule has 2 unspecified atom stereocenters. The van der Waals surface area contributed by atoms with Gasteiger partial charge in [0.15, 0.2) is 23.0 Å². The molecular weight excluding hydrogens is 1140 g/mol. The van der Waals surface area contributed by atoms with Crippen molar-refractivity contribution in [3.63, 3.8) is 0 Å². The van der Waals surface area contributed by atoms with E-state index in [1.54, 1.807) is 98.5 Å². The van der Waals surface area contributed by atoms with Crippen LogP contribution in [-0.4, -0.2) is 98.6 Å². The predicted octanol–water partition coefficient (Wildman–Crippen LogP) is 12.1. The third-order valence-corrected chi connectivity index (χ3v) is 16.5. The van der Waals surface area contributed by atoms with E-state index in [1.165, 1.54) is 7.11 Å². The topological polar surface area (TPSA) is 231 Å². The Morgan fingerprint density at radius 2 is 0.892 bits per heavy atom. The van der Waals surface area contributed by atoms with Crippen molar-refractivity contribution in [3.8, 4) is 23.0 Å². The molecule has 0 saturated heterocycles. The molecule has 0 saturated carbocycles. The average molecular weight is 1220 g/mol. The van der Waals surface area contributed by atoms with E-state index in [9.17, 15) is 28.8 Å². The molecule has 6 amide bonds. The largest absolute Gasteiger partial charge is 0.469 e. The Morgan fingerprint density at radius 3 is 1.24 bits per heavy atom. The first-order valence-electron chi connectivity index (χ1n) is 27.5. The van der Waals surface area contributed by atoms with E-state index in [2.05, 4.69) is 35.1 Å². The lowest BCUT2D eigenvalue weighted by molar-refractivity contribution is -0.144. The molecule has 0 spiro atoms. The number of benzene rings is 2. The summed E-state index contributed by atoms with van der Waals surface area (Å²) in [7, 11) is 1.30. The number of carbonyl (C=O) groups is 6. The number of carbonyl (C=O) groups excluding carboxylic acids is 6. The lowest BCUT2D eigenvalue weighted by Crippen LogP contribution is -2.46. The first-order chi connectivity index (χ1) is 40.4. The molecule has 6 aromatic rings. The molecule has 2 aromatic carbocycles. The fraction of sp³-hybridized carbons (Fsp3) is 0.424. The van der Waals surface area contributed by atoms with Gasteiger partial charge in [0.25, 0.3) is 0 Å². The van der Waals surface area contributed by atoms with Crippen LogP contribution >= 0.6 is 45.3 Å². The van der Waals surface area contributed by atoms with Gasteiger partial charge in [-0.05, 0) is 101 Å². The van der Waals surface area contributed by atoms with Gasteiger partial charge < -0.3 is 59.2 Å². The smallest absolute Gasteiger partial charge is 0.410 e. The van der Waals surface area contributed by atoms with Crippen molar-refractivity contribution in [2.75, 3.05) is 40.5 Å². The van der Waals surface area contributed by atoms with Crippen LogP contribution in [0.5, 0.6) is 23.0 Å². The van der Waals surface area contributed by atoms with E-state index < -0.39 is 60.4 Å². The molecule has 4 aromatic heterocycles. The van der Waals surface area contributed by atoms with Crippen LogP contribution in [0.15, 0.2) is 106 Å². The maximum absolute atomic E-state index is 13.2. The minimum atomic E-state index is -0.668. The quantitative estimate of drug-likeness (QED) is 0.0253. The van der Waals surface area contributed by atoms with Crippen LogP contribution in [0.25, 0.3) is 0 Å². The number of methoxy groups -OCH3 is 1. The number of unbranched alkanes of at least 4 members (excludes halogenated alkanes) is 2. The van der Waals surface area contributed by atoms with Gasteiger partial charge in [-0.15, -0.1) is 45.3 Å². The molecule has 4 N–H and O–H groups in total. The summed E-state index contributed by atoms with van der Waals surface area (Å²) in [5.74, 6) is 1.39. The fourth-order valence-corrected chi connectivity index (χ4v) is 11.6. The van der Waals surface area contributed by atoms with Gasteiger partial charge in [0, 0.05) is 19.5 Å². The molecule has 446 valence electrons. The second-order valence-electron chi connectivity index (χ2n) is 19.2. The number of nitrogens with zero attached hydrogens (tertiary/aromatic N) is 2. The highest BCUT2D eigenvalue weighted by Crippen LogP contribution is 2.36.